The molecule has 0 aliphatic carbocycles. The van der Waals surface area contributed by atoms with Gasteiger partial charge in [-0.2, -0.15) is 4.98 Å². The van der Waals surface area contributed by atoms with Crippen LogP contribution in [0, 0.1) is 13.8 Å². The van der Waals surface area contributed by atoms with Crippen LogP contribution in [-0.4, -0.2) is 28.2 Å². The number of anilines is 1. The van der Waals surface area contributed by atoms with Crippen molar-refractivity contribution in [2.75, 3.05) is 4.72 Å². The maximum Gasteiger partial charge on any atom is 0.267 e. The highest BCUT2D eigenvalue weighted by Gasteiger charge is 2.22. The van der Waals surface area contributed by atoms with Gasteiger partial charge in [0.05, 0.1) is 6.54 Å². The molecule has 8 nitrogen and oxygen atoms in total. The van der Waals surface area contributed by atoms with Gasteiger partial charge in [-0.05, 0) is 31.5 Å². The van der Waals surface area contributed by atoms with Gasteiger partial charge in [0.15, 0.2) is 0 Å². The largest absolute Gasteiger partial charge is 0.465 e. The van der Waals surface area contributed by atoms with Gasteiger partial charge < -0.3 is 4.42 Å². The Bertz CT molecular complexity index is 915. The molecule has 0 fully saturated rings. The summed E-state index contributed by atoms with van der Waals surface area (Å²) in [4.78, 5) is 8.00. The van der Waals surface area contributed by atoms with E-state index in [0.717, 1.165) is 5.56 Å². The van der Waals surface area contributed by atoms with Gasteiger partial charge in [-0.1, -0.05) is 0 Å². The Hall–Kier alpha value is -2.68. The first-order valence-corrected chi connectivity index (χ1v) is 8.30. The molecule has 0 amide bonds. The number of furan rings is 1. The molecule has 0 aliphatic rings. The van der Waals surface area contributed by atoms with E-state index in [4.69, 9.17) is 4.42 Å². The predicted octanol–water partition coefficient (Wildman–Crippen LogP) is 1.73. The molecular weight excluding hydrogens is 318 g/mol. The minimum Gasteiger partial charge on any atom is -0.465 e. The highest BCUT2D eigenvalue weighted by atomic mass is 32.2. The van der Waals surface area contributed by atoms with Crippen molar-refractivity contribution in [1.82, 2.24) is 19.7 Å². The molecule has 3 aromatic rings. The van der Waals surface area contributed by atoms with Gasteiger partial charge in [-0.15, -0.1) is 5.10 Å². The van der Waals surface area contributed by atoms with Crippen molar-refractivity contribution in [3.8, 4) is 0 Å². The van der Waals surface area contributed by atoms with Crippen LogP contribution < -0.4 is 4.72 Å². The van der Waals surface area contributed by atoms with Gasteiger partial charge in [0, 0.05) is 18.5 Å². The van der Waals surface area contributed by atoms with Crippen molar-refractivity contribution < 1.29 is 12.8 Å². The van der Waals surface area contributed by atoms with Crippen molar-refractivity contribution in [3.63, 3.8) is 0 Å². The molecule has 0 bridgehead atoms. The summed E-state index contributed by atoms with van der Waals surface area (Å²) in [6.45, 7) is 3.76. The van der Waals surface area contributed by atoms with E-state index in [1.807, 2.05) is 12.1 Å². The zero-order valence-electron chi connectivity index (χ0n) is 12.6. The van der Waals surface area contributed by atoms with Crippen LogP contribution in [0.1, 0.15) is 17.1 Å². The molecule has 0 aliphatic heterocycles. The molecule has 0 spiro atoms. The van der Waals surface area contributed by atoms with Crippen LogP contribution in [0.3, 0.4) is 0 Å². The van der Waals surface area contributed by atoms with Crippen molar-refractivity contribution >= 4 is 16.0 Å². The highest BCUT2D eigenvalue weighted by Crippen LogP contribution is 2.21. The van der Waals surface area contributed by atoms with Crippen LogP contribution in [0.4, 0.5) is 5.95 Å². The summed E-state index contributed by atoms with van der Waals surface area (Å²) >= 11 is 0. The third-order valence-corrected chi connectivity index (χ3v) is 4.58. The molecule has 0 atom stereocenters. The van der Waals surface area contributed by atoms with Crippen molar-refractivity contribution in [2.45, 2.75) is 25.3 Å². The summed E-state index contributed by atoms with van der Waals surface area (Å²) in [5.41, 5.74) is 0.987. The Balaban J connectivity index is 1.77. The Labute approximate surface area is 133 Å². The summed E-state index contributed by atoms with van der Waals surface area (Å²) in [6.07, 6.45) is 4.82. The molecule has 0 aromatic carbocycles. The first-order valence-electron chi connectivity index (χ1n) is 6.82. The maximum absolute atomic E-state index is 12.3. The average molecular weight is 333 g/mol. The lowest BCUT2D eigenvalue weighted by molar-refractivity contribution is 0.496. The zero-order chi connectivity index (χ0) is 16.4. The first kappa shape index (κ1) is 15.2. The Morgan fingerprint density at radius 2 is 2.00 bits per heavy atom. The number of sulfonamides is 1. The highest BCUT2D eigenvalue weighted by molar-refractivity contribution is 7.92. The fraction of sp³-hybridized carbons (Fsp3) is 0.214. The Morgan fingerprint density at radius 3 is 2.65 bits per heavy atom. The topological polar surface area (TPSA) is 103 Å². The second kappa shape index (κ2) is 5.84. The number of hydrogen-bond acceptors (Lipinski definition) is 6. The summed E-state index contributed by atoms with van der Waals surface area (Å²) < 4.78 is 33.8. The fourth-order valence-electron chi connectivity index (χ4n) is 2.14. The molecule has 1 N–H and O–H groups in total. The summed E-state index contributed by atoms with van der Waals surface area (Å²) in [5.74, 6) is 0.863. The van der Waals surface area contributed by atoms with Gasteiger partial charge in [0.2, 0.25) is 0 Å². The number of aryl methyl sites for hydroxylation is 2. The molecule has 3 heterocycles. The minimum atomic E-state index is -3.77. The van der Waals surface area contributed by atoms with E-state index in [0.29, 0.717) is 18.1 Å². The normalized spacial score (nSPS) is 11.6. The molecule has 23 heavy (non-hydrogen) atoms. The third kappa shape index (κ3) is 3.39. The van der Waals surface area contributed by atoms with Crippen LogP contribution in [-0.2, 0) is 16.6 Å². The molecule has 3 rings (SSSR count). The lowest BCUT2D eigenvalue weighted by Gasteiger charge is -2.03. The van der Waals surface area contributed by atoms with Crippen LogP contribution in [0.2, 0.25) is 0 Å². The molecule has 9 heteroatoms. The quantitative estimate of drug-likeness (QED) is 0.763. The fourth-order valence-corrected chi connectivity index (χ4v) is 3.33. The first-order chi connectivity index (χ1) is 10.9. The van der Waals surface area contributed by atoms with Crippen LogP contribution in [0.25, 0.3) is 0 Å². The van der Waals surface area contributed by atoms with Gasteiger partial charge in [0.1, 0.15) is 22.7 Å². The molecule has 3 aromatic heterocycles. The summed E-state index contributed by atoms with van der Waals surface area (Å²) in [5, 5.41) is 4.12. The standard InChI is InChI=1S/C14H15N5O3S/c1-10-7-13(11(2)22-10)23(20,21)18-14-16-9-19(17-14)8-12-3-5-15-6-4-12/h3-7,9H,8H2,1-2H3,(H,17,18). The van der Waals surface area contributed by atoms with E-state index in [2.05, 4.69) is 19.8 Å². The second-order valence-electron chi connectivity index (χ2n) is 5.00. The Kier molecular flexibility index (Phi) is 3.87. The molecule has 0 saturated heterocycles. The third-order valence-electron chi connectivity index (χ3n) is 3.14. The summed E-state index contributed by atoms with van der Waals surface area (Å²) in [6, 6.07) is 5.16. The van der Waals surface area contributed by atoms with E-state index in [9.17, 15) is 8.42 Å². The van der Waals surface area contributed by atoms with Crippen molar-refractivity contribution in [1.29, 1.82) is 0 Å². The number of nitrogens with zero attached hydrogens (tertiary/aromatic N) is 4. The molecule has 120 valence electrons. The SMILES string of the molecule is Cc1cc(S(=O)(=O)Nc2ncn(Cc3ccncc3)n2)c(C)o1. The van der Waals surface area contributed by atoms with E-state index in [1.54, 1.807) is 30.9 Å². The summed E-state index contributed by atoms with van der Waals surface area (Å²) in [7, 11) is -3.77. The number of rotatable bonds is 5. The zero-order valence-corrected chi connectivity index (χ0v) is 13.4. The van der Waals surface area contributed by atoms with E-state index in [-0.39, 0.29) is 10.8 Å². The van der Waals surface area contributed by atoms with E-state index >= 15 is 0 Å². The second-order valence-corrected chi connectivity index (χ2v) is 6.66. The molecule has 0 saturated carbocycles. The van der Waals surface area contributed by atoms with Crippen LogP contribution in [0.15, 0.2) is 46.2 Å². The van der Waals surface area contributed by atoms with Gasteiger partial charge in [0.25, 0.3) is 16.0 Å². The monoisotopic (exact) mass is 333 g/mol. The minimum absolute atomic E-state index is 0.0114. The predicted molar refractivity (Wildman–Crippen MR) is 82.4 cm³/mol. The van der Waals surface area contributed by atoms with E-state index < -0.39 is 10.0 Å². The Morgan fingerprint density at radius 1 is 1.26 bits per heavy atom. The van der Waals surface area contributed by atoms with Crippen LogP contribution >= 0.6 is 0 Å². The van der Waals surface area contributed by atoms with Crippen molar-refractivity contribution in [2.24, 2.45) is 0 Å². The molecular formula is C14H15N5O3S. The number of hydrogen-bond donors (Lipinski definition) is 1. The lowest BCUT2D eigenvalue weighted by atomic mass is 10.3. The smallest absolute Gasteiger partial charge is 0.267 e. The number of aromatic nitrogens is 4. The number of pyridine rings is 1. The average Bonchev–Trinajstić information content (AvgIpc) is 3.06. The van der Waals surface area contributed by atoms with E-state index in [1.165, 1.54) is 12.4 Å². The lowest BCUT2D eigenvalue weighted by Crippen LogP contribution is -2.14. The number of nitrogens with one attached hydrogen (secondary N) is 1. The molecule has 0 unspecified atom stereocenters. The molecule has 0 radical (unpaired) electrons. The van der Waals surface area contributed by atoms with Crippen molar-refractivity contribution in [3.05, 3.63) is 54.0 Å². The van der Waals surface area contributed by atoms with Crippen LogP contribution in [0.5, 0.6) is 0 Å². The maximum atomic E-state index is 12.3. The van der Waals surface area contributed by atoms with Gasteiger partial charge in [-0.3, -0.25) is 4.98 Å². The van der Waals surface area contributed by atoms with Gasteiger partial charge >= 0.3 is 0 Å². The van der Waals surface area contributed by atoms with Gasteiger partial charge in [-0.25, -0.2) is 17.8 Å².